The Balaban J connectivity index is 1.67. The van der Waals surface area contributed by atoms with Crippen LogP contribution in [0.5, 0.6) is 11.5 Å². The van der Waals surface area contributed by atoms with E-state index in [1.54, 1.807) is 7.11 Å². The molecule has 2 heterocycles. The summed E-state index contributed by atoms with van der Waals surface area (Å²) in [5.74, 6) is 1.57. The second kappa shape index (κ2) is 7.21. The highest BCUT2D eigenvalue weighted by atomic mass is 16.5. The molecule has 1 aromatic heterocycles. The van der Waals surface area contributed by atoms with Gasteiger partial charge in [-0.15, -0.1) is 0 Å². The number of benzene rings is 1. The fourth-order valence-corrected chi connectivity index (χ4v) is 3.20. The number of fused-ring (bicyclic) bond motifs is 1. The first kappa shape index (κ1) is 16.1. The molecule has 1 aliphatic rings. The van der Waals surface area contributed by atoms with Crippen LogP contribution in [-0.2, 0) is 0 Å². The van der Waals surface area contributed by atoms with E-state index in [4.69, 9.17) is 9.47 Å². The van der Waals surface area contributed by atoms with Gasteiger partial charge in [0.15, 0.2) is 11.5 Å². The number of imidazole rings is 1. The van der Waals surface area contributed by atoms with E-state index in [2.05, 4.69) is 28.3 Å². The third kappa shape index (κ3) is 3.61. The molecule has 0 spiro atoms. The van der Waals surface area contributed by atoms with Gasteiger partial charge in [-0.25, -0.2) is 4.98 Å². The standard InChI is InChI=1S/C18H27N3O2/c1-14(2)21-13-19-15-11-18(17(22-3)12-16(15)21)23-10-6-9-20-7-4-5-8-20/h11-14H,4-10H2,1-3H3. The van der Waals surface area contributed by atoms with Crippen LogP contribution >= 0.6 is 0 Å². The minimum atomic E-state index is 0.372. The number of hydrogen-bond acceptors (Lipinski definition) is 4. The van der Waals surface area contributed by atoms with Gasteiger partial charge in [0, 0.05) is 24.7 Å². The first-order valence-corrected chi connectivity index (χ1v) is 8.59. The molecule has 1 fully saturated rings. The van der Waals surface area contributed by atoms with Crippen LogP contribution in [0.2, 0.25) is 0 Å². The third-order valence-corrected chi connectivity index (χ3v) is 4.49. The molecule has 0 saturated carbocycles. The summed E-state index contributed by atoms with van der Waals surface area (Å²) < 4.78 is 13.6. The summed E-state index contributed by atoms with van der Waals surface area (Å²) in [5, 5.41) is 0. The zero-order valence-corrected chi connectivity index (χ0v) is 14.4. The van der Waals surface area contributed by atoms with Crippen LogP contribution in [0.25, 0.3) is 11.0 Å². The van der Waals surface area contributed by atoms with Crippen LogP contribution in [0, 0.1) is 0 Å². The molecule has 1 aliphatic heterocycles. The highest BCUT2D eigenvalue weighted by Crippen LogP contribution is 2.33. The topological polar surface area (TPSA) is 39.5 Å². The molecule has 5 nitrogen and oxygen atoms in total. The summed E-state index contributed by atoms with van der Waals surface area (Å²) in [5.41, 5.74) is 2.04. The summed E-state index contributed by atoms with van der Waals surface area (Å²) in [6, 6.07) is 4.39. The SMILES string of the molecule is COc1cc2c(cc1OCCCN1CCCC1)ncn2C(C)C. The van der Waals surface area contributed by atoms with Gasteiger partial charge < -0.3 is 18.9 Å². The highest BCUT2D eigenvalue weighted by molar-refractivity contribution is 5.80. The molecule has 0 unspecified atom stereocenters. The number of likely N-dealkylation sites (tertiary alicyclic amines) is 1. The lowest BCUT2D eigenvalue weighted by molar-refractivity contribution is 0.254. The predicted octanol–water partition coefficient (Wildman–Crippen LogP) is 3.49. The second-order valence-electron chi connectivity index (χ2n) is 6.49. The maximum atomic E-state index is 5.96. The molecule has 0 amide bonds. The van der Waals surface area contributed by atoms with Crippen LogP contribution in [0.3, 0.4) is 0 Å². The molecular formula is C18H27N3O2. The average molecular weight is 317 g/mol. The molecule has 126 valence electrons. The van der Waals surface area contributed by atoms with Crippen molar-refractivity contribution in [1.82, 2.24) is 14.5 Å². The first-order chi connectivity index (χ1) is 11.2. The fourth-order valence-electron chi connectivity index (χ4n) is 3.20. The van der Waals surface area contributed by atoms with E-state index in [1.165, 1.54) is 25.9 Å². The van der Waals surface area contributed by atoms with Crippen molar-refractivity contribution in [3.8, 4) is 11.5 Å². The molecule has 0 radical (unpaired) electrons. The Morgan fingerprint density at radius 3 is 2.65 bits per heavy atom. The maximum absolute atomic E-state index is 5.96. The molecule has 1 saturated heterocycles. The Hall–Kier alpha value is -1.75. The molecule has 0 N–H and O–H groups in total. The van der Waals surface area contributed by atoms with Gasteiger partial charge in [-0.1, -0.05) is 0 Å². The lowest BCUT2D eigenvalue weighted by atomic mass is 10.2. The lowest BCUT2D eigenvalue weighted by Gasteiger charge is -2.16. The monoisotopic (exact) mass is 317 g/mol. The normalized spacial score (nSPS) is 15.7. The van der Waals surface area contributed by atoms with E-state index in [-0.39, 0.29) is 0 Å². The maximum Gasteiger partial charge on any atom is 0.163 e. The quantitative estimate of drug-likeness (QED) is 0.733. The minimum Gasteiger partial charge on any atom is -0.493 e. The van der Waals surface area contributed by atoms with Gasteiger partial charge in [-0.2, -0.15) is 0 Å². The van der Waals surface area contributed by atoms with Crippen LogP contribution in [-0.4, -0.2) is 47.8 Å². The molecule has 0 aliphatic carbocycles. The van der Waals surface area contributed by atoms with Crippen molar-refractivity contribution >= 4 is 11.0 Å². The van der Waals surface area contributed by atoms with E-state index in [1.807, 2.05) is 18.5 Å². The number of aromatic nitrogens is 2. The summed E-state index contributed by atoms with van der Waals surface area (Å²) in [4.78, 5) is 6.99. The van der Waals surface area contributed by atoms with Gasteiger partial charge in [0.05, 0.1) is 31.1 Å². The molecular weight excluding hydrogens is 290 g/mol. The Labute approximate surface area is 138 Å². The van der Waals surface area contributed by atoms with E-state index < -0.39 is 0 Å². The Morgan fingerprint density at radius 1 is 1.17 bits per heavy atom. The molecule has 3 rings (SSSR count). The summed E-state index contributed by atoms with van der Waals surface area (Å²) in [6.07, 6.45) is 5.60. The summed E-state index contributed by atoms with van der Waals surface area (Å²) >= 11 is 0. The van der Waals surface area contributed by atoms with Crippen molar-refractivity contribution in [3.05, 3.63) is 18.5 Å². The molecule has 23 heavy (non-hydrogen) atoms. The number of methoxy groups -OCH3 is 1. The van der Waals surface area contributed by atoms with Gasteiger partial charge in [-0.3, -0.25) is 0 Å². The molecule has 0 bridgehead atoms. The van der Waals surface area contributed by atoms with Crippen molar-refractivity contribution in [2.24, 2.45) is 0 Å². The fraction of sp³-hybridized carbons (Fsp3) is 0.611. The smallest absolute Gasteiger partial charge is 0.163 e. The molecule has 0 atom stereocenters. The highest BCUT2D eigenvalue weighted by Gasteiger charge is 2.13. The van der Waals surface area contributed by atoms with Gasteiger partial charge in [-0.05, 0) is 46.2 Å². The van der Waals surface area contributed by atoms with Crippen LogP contribution in [0.15, 0.2) is 18.5 Å². The molecule has 2 aromatic rings. The van der Waals surface area contributed by atoms with E-state index in [0.717, 1.165) is 35.5 Å². The zero-order valence-electron chi connectivity index (χ0n) is 14.4. The Kier molecular flexibility index (Phi) is 5.06. The van der Waals surface area contributed by atoms with E-state index in [0.29, 0.717) is 12.6 Å². The van der Waals surface area contributed by atoms with Crippen molar-refractivity contribution < 1.29 is 9.47 Å². The molecule has 5 heteroatoms. The van der Waals surface area contributed by atoms with Crippen molar-refractivity contribution in [2.45, 2.75) is 39.2 Å². The zero-order chi connectivity index (χ0) is 16.2. The van der Waals surface area contributed by atoms with Gasteiger partial charge in [0.2, 0.25) is 0 Å². The number of nitrogens with zero attached hydrogens (tertiary/aromatic N) is 3. The predicted molar refractivity (Wildman–Crippen MR) is 92.5 cm³/mol. The van der Waals surface area contributed by atoms with Crippen molar-refractivity contribution in [1.29, 1.82) is 0 Å². The van der Waals surface area contributed by atoms with Gasteiger partial charge in [0.1, 0.15) is 0 Å². The van der Waals surface area contributed by atoms with Crippen LogP contribution < -0.4 is 9.47 Å². The lowest BCUT2D eigenvalue weighted by Crippen LogP contribution is -2.21. The van der Waals surface area contributed by atoms with Crippen LogP contribution in [0.1, 0.15) is 39.2 Å². The van der Waals surface area contributed by atoms with Crippen molar-refractivity contribution in [3.63, 3.8) is 0 Å². The second-order valence-corrected chi connectivity index (χ2v) is 6.49. The summed E-state index contributed by atoms with van der Waals surface area (Å²) in [7, 11) is 1.69. The van der Waals surface area contributed by atoms with Crippen LogP contribution in [0.4, 0.5) is 0 Å². The van der Waals surface area contributed by atoms with Gasteiger partial charge in [0.25, 0.3) is 0 Å². The minimum absolute atomic E-state index is 0.372. The Bertz CT molecular complexity index is 645. The largest absolute Gasteiger partial charge is 0.493 e. The molecule has 1 aromatic carbocycles. The number of ether oxygens (including phenoxy) is 2. The van der Waals surface area contributed by atoms with E-state index >= 15 is 0 Å². The summed E-state index contributed by atoms with van der Waals surface area (Å²) in [6.45, 7) is 8.60. The Morgan fingerprint density at radius 2 is 1.96 bits per heavy atom. The average Bonchev–Trinajstić information content (AvgIpc) is 3.19. The van der Waals surface area contributed by atoms with Gasteiger partial charge >= 0.3 is 0 Å². The number of hydrogen-bond donors (Lipinski definition) is 0. The van der Waals surface area contributed by atoms with Crippen molar-refractivity contribution in [2.75, 3.05) is 33.4 Å². The number of rotatable bonds is 7. The van der Waals surface area contributed by atoms with E-state index in [9.17, 15) is 0 Å². The third-order valence-electron chi connectivity index (χ3n) is 4.49. The first-order valence-electron chi connectivity index (χ1n) is 8.59.